The van der Waals surface area contributed by atoms with Crippen molar-refractivity contribution in [3.05, 3.63) is 42.2 Å². The van der Waals surface area contributed by atoms with Crippen molar-refractivity contribution in [2.24, 2.45) is 0 Å². The van der Waals surface area contributed by atoms with Crippen LogP contribution in [0.25, 0.3) is 11.7 Å². The zero-order valence-electron chi connectivity index (χ0n) is 12.4. The van der Waals surface area contributed by atoms with Crippen LogP contribution < -0.4 is 9.47 Å². The number of nitrogens with zero attached hydrogens (tertiary/aromatic N) is 2. The Labute approximate surface area is 139 Å². The molecule has 0 amide bonds. The molecule has 2 heterocycles. The highest BCUT2D eigenvalue weighted by molar-refractivity contribution is 7.98. The van der Waals surface area contributed by atoms with Gasteiger partial charge >= 0.3 is 6.61 Å². The third-order valence-electron chi connectivity index (χ3n) is 2.94. The summed E-state index contributed by atoms with van der Waals surface area (Å²) in [6, 6.07) is 8.16. The molecule has 24 heavy (non-hydrogen) atoms. The highest BCUT2D eigenvalue weighted by Gasteiger charge is 2.13. The van der Waals surface area contributed by atoms with Gasteiger partial charge in [-0.25, -0.2) is 0 Å². The standard InChI is InChI=1S/C15H12F2N2O4S/c1-20-12-7-9(4-5-10(12)22-14(16)17)8-24-15-19-18-13(23-15)11-3-2-6-21-11/h2-7,14H,8H2,1H3. The van der Waals surface area contributed by atoms with Crippen LogP contribution in [0.1, 0.15) is 5.56 Å². The number of thioether (sulfide) groups is 1. The Morgan fingerprint density at radius 3 is 2.79 bits per heavy atom. The number of halogens is 2. The van der Waals surface area contributed by atoms with Gasteiger partial charge in [0.05, 0.1) is 13.4 Å². The van der Waals surface area contributed by atoms with E-state index in [2.05, 4.69) is 14.9 Å². The topological polar surface area (TPSA) is 70.5 Å². The molecule has 9 heteroatoms. The van der Waals surface area contributed by atoms with Crippen LogP contribution in [0.4, 0.5) is 8.78 Å². The van der Waals surface area contributed by atoms with Gasteiger partial charge < -0.3 is 18.3 Å². The zero-order valence-corrected chi connectivity index (χ0v) is 13.3. The normalized spacial score (nSPS) is 11.0. The molecule has 0 unspecified atom stereocenters. The second kappa shape index (κ2) is 7.35. The van der Waals surface area contributed by atoms with Gasteiger partial charge in [0.15, 0.2) is 17.3 Å². The highest BCUT2D eigenvalue weighted by atomic mass is 32.2. The van der Waals surface area contributed by atoms with Gasteiger partial charge in [-0.05, 0) is 29.8 Å². The molecule has 0 N–H and O–H groups in total. The number of hydrogen-bond donors (Lipinski definition) is 0. The third kappa shape index (κ3) is 3.85. The van der Waals surface area contributed by atoms with Gasteiger partial charge in [0.25, 0.3) is 11.1 Å². The van der Waals surface area contributed by atoms with E-state index in [1.807, 2.05) is 0 Å². The van der Waals surface area contributed by atoms with Crippen molar-refractivity contribution in [1.82, 2.24) is 10.2 Å². The quantitative estimate of drug-likeness (QED) is 0.588. The third-order valence-corrected chi connectivity index (χ3v) is 3.83. The Balaban J connectivity index is 1.66. The summed E-state index contributed by atoms with van der Waals surface area (Å²) in [6.45, 7) is -2.91. The second-order valence-electron chi connectivity index (χ2n) is 4.50. The van der Waals surface area contributed by atoms with Crippen LogP contribution in [-0.4, -0.2) is 23.9 Å². The minimum Gasteiger partial charge on any atom is -0.493 e. The van der Waals surface area contributed by atoms with Crippen molar-refractivity contribution in [3.63, 3.8) is 0 Å². The molecule has 0 aliphatic carbocycles. The Morgan fingerprint density at radius 1 is 1.21 bits per heavy atom. The number of methoxy groups -OCH3 is 1. The summed E-state index contributed by atoms with van der Waals surface area (Å²) in [5, 5.41) is 8.18. The minimum absolute atomic E-state index is 0.0147. The summed E-state index contributed by atoms with van der Waals surface area (Å²) in [5.74, 6) is 1.49. The molecule has 3 rings (SSSR count). The van der Waals surface area contributed by atoms with E-state index in [0.717, 1.165) is 5.56 Å². The minimum atomic E-state index is -2.91. The van der Waals surface area contributed by atoms with E-state index in [-0.39, 0.29) is 11.5 Å². The summed E-state index contributed by atoms with van der Waals surface area (Å²) in [4.78, 5) is 0. The van der Waals surface area contributed by atoms with E-state index in [1.54, 1.807) is 24.3 Å². The first kappa shape index (κ1) is 16.3. The maximum absolute atomic E-state index is 12.3. The van der Waals surface area contributed by atoms with Crippen LogP contribution in [0.3, 0.4) is 0 Å². The van der Waals surface area contributed by atoms with Crippen LogP contribution in [0.15, 0.2) is 50.7 Å². The Bertz CT molecular complexity index is 793. The lowest BCUT2D eigenvalue weighted by atomic mass is 10.2. The molecule has 0 aliphatic rings. The molecule has 2 aromatic heterocycles. The van der Waals surface area contributed by atoms with Crippen molar-refractivity contribution in [1.29, 1.82) is 0 Å². The number of furan rings is 1. The van der Waals surface area contributed by atoms with Crippen molar-refractivity contribution in [2.75, 3.05) is 7.11 Å². The molecule has 0 saturated carbocycles. The Kier molecular flexibility index (Phi) is 4.99. The first-order valence-corrected chi connectivity index (χ1v) is 7.76. The SMILES string of the molecule is COc1cc(CSc2nnc(-c3ccco3)o2)ccc1OC(F)F. The number of benzene rings is 1. The van der Waals surface area contributed by atoms with E-state index in [4.69, 9.17) is 13.6 Å². The van der Waals surface area contributed by atoms with Crippen LogP contribution in [-0.2, 0) is 5.75 Å². The maximum atomic E-state index is 12.3. The largest absolute Gasteiger partial charge is 0.493 e. The van der Waals surface area contributed by atoms with Gasteiger partial charge in [-0.2, -0.15) is 8.78 Å². The molecule has 3 aromatic rings. The van der Waals surface area contributed by atoms with Crippen molar-refractivity contribution in [2.45, 2.75) is 17.6 Å². The van der Waals surface area contributed by atoms with E-state index >= 15 is 0 Å². The summed E-state index contributed by atoms with van der Waals surface area (Å²) in [5.41, 5.74) is 0.830. The highest BCUT2D eigenvalue weighted by Crippen LogP contribution is 2.32. The van der Waals surface area contributed by atoms with E-state index in [1.165, 1.54) is 31.2 Å². The van der Waals surface area contributed by atoms with Crippen molar-refractivity contribution >= 4 is 11.8 Å². The average Bonchev–Trinajstić information content (AvgIpc) is 3.24. The maximum Gasteiger partial charge on any atom is 0.387 e. The Hall–Kier alpha value is -2.55. The first-order chi connectivity index (χ1) is 11.7. The lowest BCUT2D eigenvalue weighted by Crippen LogP contribution is -2.03. The molecule has 0 atom stereocenters. The molecular formula is C15H12F2N2O4S. The monoisotopic (exact) mass is 354 g/mol. The molecule has 0 fully saturated rings. The lowest BCUT2D eigenvalue weighted by molar-refractivity contribution is -0.0512. The van der Waals surface area contributed by atoms with E-state index in [0.29, 0.717) is 22.6 Å². The predicted molar refractivity (Wildman–Crippen MR) is 81.2 cm³/mol. The molecule has 0 aliphatic heterocycles. The van der Waals surface area contributed by atoms with Gasteiger partial charge in [-0.15, -0.1) is 10.2 Å². The van der Waals surface area contributed by atoms with Gasteiger partial charge in [0, 0.05) is 5.75 Å². The molecule has 0 saturated heterocycles. The lowest BCUT2D eigenvalue weighted by Gasteiger charge is -2.10. The molecule has 1 aromatic carbocycles. The summed E-state index contributed by atoms with van der Waals surface area (Å²) < 4.78 is 44.7. The number of hydrogen-bond acceptors (Lipinski definition) is 7. The molecule has 126 valence electrons. The van der Waals surface area contributed by atoms with Crippen molar-refractivity contribution in [3.8, 4) is 23.1 Å². The van der Waals surface area contributed by atoms with Crippen LogP contribution in [0, 0.1) is 0 Å². The molecule has 0 radical (unpaired) electrons. The van der Waals surface area contributed by atoms with Crippen molar-refractivity contribution < 1.29 is 27.1 Å². The van der Waals surface area contributed by atoms with Gasteiger partial charge in [-0.1, -0.05) is 17.8 Å². The molecule has 0 bridgehead atoms. The molecular weight excluding hydrogens is 342 g/mol. The zero-order chi connectivity index (χ0) is 16.9. The Morgan fingerprint density at radius 2 is 2.08 bits per heavy atom. The fourth-order valence-corrected chi connectivity index (χ4v) is 2.61. The van der Waals surface area contributed by atoms with Crippen LogP contribution in [0.2, 0.25) is 0 Å². The fourth-order valence-electron chi connectivity index (χ4n) is 1.91. The summed E-state index contributed by atoms with van der Waals surface area (Å²) in [6.07, 6.45) is 1.52. The van der Waals surface area contributed by atoms with E-state index in [9.17, 15) is 8.78 Å². The molecule has 0 spiro atoms. The summed E-state index contributed by atoms with van der Waals surface area (Å²) >= 11 is 1.30. The number of ether oxygens (including phenoxy) is 2. The first-order valence-electron chi connectivity index (χ1n) is 6.77. The number of aromatic nitrogens is 2. The molecule has 6 nitrogen and oxygen atoms in total. The van der Waals surface area contributed by atoms with Gasteiger partial charge in [0.1, 0.15) is 0 Å². The summed E-state index contributed by atoms with van der Waals surface area (Å²) in [7, 11) is 1.39. The number of rotatable bonds is 7. The van der Waals surface area contributed by atoms with Gasteiger partial charge in [-0.3, -0.25) is 0 Å². The van der Waals surface area contributed by atoms with Crippen LogP contribution >= 0.6 is 11.8 Å². The van der Waals surface area contributed by atoms with E-state index < -0.39 is 6.61 Å². The second-order valence-corrected chi connectivity index (χ2v) is 5.43. The predicted octanol–water partition coefficient (Wildman–Crippen LogP) is 4.23. The van der Waals surface area contributed by atoms with Gasteiger partial charge in [0.2, 0.25) is 0 Å². The fraction of sp³-hybridized carbons (Fsp3) is 0.200. The average molecular weight is 354 g/mol. The number of alkyl halides is 2. The smallest absolute Gasteiger partial charge is 0.387 e. The van der Waals surface area contributed by atoms with Crippen LogP contribution in [0.5, 0.6) is 11.5 Å².